The number of rotatable bonds is 13. The Morgan fingerprint density at radius 2 is 1.70 bits per heavy atom. The third kappa shape index (κ3) is 8.23. The van der Waals surface area contributed by atoms with Crippen molar-refractivity contribution in [3.05, 3.63) is 77.5 Å². The van der Waals surface area contributed by atoms with Gasteiger partial charge in [-0.05, 0) is 55.0 Å². The second-order valence-corrected chi connectivity index (χ2v) is 9.59. The number of amides is 1. The van der Waals surface area contributed by atoms with Crippen LogP contribution in [0.2, 0.25) is 0 Å². The van der Waals surface area contributed by atoms with Gasteiger partial charge in [-0.25, -0.2) is 9.37 Å². The molecule has 3 rings (SSSR count). The molecular formula is C28H34FN3O5. The number of nitrogens with zero attached hydrogens (tertiary/aromatic N) is 2. The normalized spacial score (nSPS) is 12.9. The highest BCUT2D eigenvalue weighted by molar-refractivity contribution is 5.92. The number of aliphatic hydroxyl groups is 2. The topological polar surface area (TPSA) is 125 Å². The first-order chi connectivity index (χ1) is 17.6. The zero-order chi connectivity index (χ0) is 26.9. The van der Waals surface area contributed by atoms with Gasteiger partial charge in [0.25, 0.3) is 5.91 Å². The van der Waals surface area contributed by atoms with E-state index in [1.165, 1.54) is 12.1 Å². The van der Waals surface area contributed by atoms with Gasteiger partial charge in [0.1, 0.15) is 5.82 Å². The SMILES string of the molecule is CC(C)Cn1c(C(=O)NCc2ccccc2)nc(-c2ccc(F)cc2)c1CC[C@@H](O)C[C@@H](O)CC(=O)O. The molecule has 0 aliphatic carbocycles. The average molecular weight is 512 g/mol. The van der Waals surface area contributed by atoms with Crippen molar-refractivity contribution in [2.75, 3.05) is 0 Å². The molecule has 0 spiro atoms. The van der Waals surface area contributed by atoms with Gasteiger partial charge in [0, 0.05) is 24.3 Å². The van der Waals surface area contributed by atoms with Crippen molar-refractivity contribution in [1.82, 2.24) is 14.9 Å². The second kappa shape index (κ2) is 13.1. The fourth-order valence-electron chi connectivity index (χ4n) is 4.19. The fourth-order valence-corrected chi connectivity index (χ4v) is 4.19. The number of carboxylic acids is 1. The molecule has 0 fully saturated rings. The Hall–Kier alpha value is -3.56. The van der Waals surface area contributed by atoms with Crippen molar-refractivity contribution in [3.63, 3.8) is 0 Å². The van der Waals surface area contributed by atoms with E-state index in [4.69, 9.17) is 5.11 Å². The van der Waals surface area contributed by atoms with Gasteiger partial charge in [0.05, 0.1) is 24.3 Å². The van der Waals surface area contributed by atoms with Crippen LogP contribution in [0.5, 0.6) is 0 Å². The minimum absolute atomic E-state index is 0.0824. The highest BCUT2D eigenvalue weighted by Crippen LogP contribution is 2.28. The maximum atomic E-state index is 13.6. The molecule has 9 heteroatoms. The van der Waals surface area contributed by atoms with E-state index in [2.05, 4.69) is 10.3 Å². The summed E-state index contributed by atoms with van der Waals surface area (Å²) >= 11 is 0. The molecular weight excluding hydrogens is 477 g/mol. The Bertz CT molecular complexity index is 1180. The summed E-state index contributed by atoms with van der Waals surface area (Å²) in [5.41, 5.74) is 2.80. The number of carbonyl (C=O) groups excluding carboxylic acids is 1. The molecule has 0 unspecified atom stereocenters. The Balaban J connectivity index is 1.92. The van der Waals surface area contributed by atoms with Gasteiger partial charge in [0.2, 0.25) is 0 Å². The first kappa shape index (κ1) is 28.0. The Morgan fingerprint density at radius 1 is 1.03 bits per heavy atom. The third-order valence-corrected chi connectivity index (χ3v) is 5.91. The van der Waals surface area contributed by atoms with Crippen LogP contribution in [0.3, 0.4) is 0 Å². The highest BCUT2D eigenvalue weighted by atomic mass is 19.1. The summed E-state index contributed by atoms with van der Waals surface area (Å²) in [5.74, 6) is -1.48. The van der Waals surface area contributed by atoms with Crippen LogP contribution in [0.25, 0.3) is 11.3 Å². The molecule has 3 aromatic rings. The number of aliphatic carboxylic acids is 1. The molecule has 1 amide bonds. The molecule has 0 aliphatic heterocycles. The molecule has 1 aromatic heterocycles. The molecule has 0 saturated heterocycles. The summed E-state index contributed by atoms with van der Waals surface area (Å²) in [5, 5.41) is 32.2. The molecule has 0 bridgehead atoms. The Labute approximate surface area is 215 Å². The zero-order valence-corrected chi connectivity index (χ0v) is 21.1. The van der Waals surface area contributed by atoms with Crippen molar-refractivity contribution in [2.45, 2.75) is 64.8 Å². The van der Waals surface area contributed by atoms with Crippen LogP contribution in [-0.4, -0.2) is 49.0 Å². The third-order valence-electron chi connectivity index (χ3n) is 5.91. The van der Waals surface area contributed by atoms with Crippen molar-refractivity contribution in [3.8, 4) is 11.3 Å². The Kier molecular flexibility index (Phi) is 9.93. The van der Waals surface area contributed by atoms with Crippen LogP contribution in [0.1, 0.15) is 55.0 Å². The molecule has 4 N–H and O–H groups in total. The zero-order valence-electron chi connectivity index (χ0n) is 21.1. The van der Waals surface area contributed by atoms with E-state index >= 15 is 0 Å². The first-order valence-electron chi connectivity index (χ1n) is 12.4. The molecule has 0 aliphatic rings. The quantitative estimate of drug-likeness (QED) is 0.277. The van der Waals surface area contributed by atoms with E-state index in [9.17, 15) is 24.2 Å². The van der Waals surface area contributed by atoms with Crippen LogP contribution in [0.4, 0.5) is 4.39 Å². The molecule has 198 valence electrons. The molecule has 0 radical (unpaired) electrons. The van der Waals surface area contributed by atoms with Gasteiger partial charge in [-0.2, -0.15) is 0 Å². The van der Waals surface area contributed by atoms with Crippen molar-refractivity contribution >= 4 is 11.9 Å². The van der Waals surface area contributed by atoms with Crippen molar-refractivity contribution in [2.24, 2.45) is 5.92 Å². The van der Waals surface area contributed by atoms with E-state index in [1.54, 1.807) is 12.1 Å². The molecule has 1 heterocycles. The highest BCUT2D eigenvalue weighted by Gasteiger charge is 2.25. The molecule has 8 nitrogen and oxygen atoms in total. The lowest BCUT2D eigenvalue weighted by molar-refractivity contribution is -0.139. The van der Waals surface area contributed by atoms with Gasteiger partial charge in [-0.3, -0.25) is 9.59 Å². The van der Waals surface area contributed by atoms with E-state index in [0.717, 1.165) is 5.56 Å². The second-order valence-electron chi connectivity index (χ2n) is 9.59. The van der Waals surface area contributed by atoms with E-state index in [1.807, 2.05) is 48.7 Å². The summed E-state index contributed by atoms with van der Waals surface area (Å²) in [4.78, 5) is 28.8. The lowest BCUT2D eigenvalue weighted by atomic mass is 10.0. The number of benzene rings is 2. The van der Waals surface area contributed by atoms with E-state index < -0.39 is 30.4 Å². The van der Waals surface area contributed by atoms with Crippen LogP contribution in [0, 0.1) is 11.7 Å². The number of carboxylic acid groups (broad SMARTS) is 1. The largest absolute Gasteiger partial charge is 0.481 e. The summed E-state index contributed by atoms with van der Waals surface area (Å²) in [6.07, 6.45) is -2.10. The van der Waals surface area contributed by atoms with Crippen LogP contribution in [0.15, 0.2) is 54.6 Å². The summed E-state index contributed by atoms with van der Waals surface area (Å²) in [7, 11) is 0. The number of carbonyl (C=O) groups is 2. The fraction of sp³-hybridized carbons (Fsp3) is 0.393. The van der Waals surface area contributed by atoms with E-state index in [0.29, 0.717) is 36.5 Å². The summed E-state index contributed by atoms with van der Waals surface area (Å²) in [6, 6.07) is 15.4. The summed E-state index contributed by atoms with van der Waals surface area (Å²) in [6.45, 7) is 4.86. The predicted octanol–water partition coefficient (Wildman–Crippen LogP) is 3.79. The predicted molar refractivity (Wildman–Crippen MR) is 137 cm³/mol. The average Bonchev–Trinajstić information content (AvgIpc) is 3.19. The number of hydrogen-bond donors (Lipinski definition) is 4. The molecule has 2 atom stereocenters. The van der Waals surface area contributed by atoms with Crippen LogP contribution < -0.4 is 5.32 Å². The number of imidazole rings is 1. The van der Waals surface area contributed by atoms with E-state index in [-0.39, 0.29) is 30.5 Å². The minimum Gasteiger partial charge on any atom is -0.481 e. The number of aromatic nitrogens is 2. The van der Waals surface area contributed by atoms with Gasteiger partial charge in [-0.1, -0.05) is 44.2 Å². The lowest BCUT2D eigenvalue weighted by Crippen LogP contribution is -2.27. The maximum absolute atomic E-state index is 13.6. The minimum atomic E-state index is -1.16. The van der Waals surface area contributed by atoms with Gasteiger partial charge in [0.15, 0.2) is 5.82 Å². The first-order valence-corrected chi connectivity index (χ1v) is 12.4. The monoisotopic (exact) mass is 511 g/mol. The number of aliphatic hydroxyl groups excluding tert-OH is 2. The van der Waals surface area contributed by atoms with Crippen molar-refractivity contribution in [1.29, 1.82) is 0 Å². The van der Waals surface area contributed by atoms with Gasteiger partial charge < -0.3 is 25.2 Å². The van der Waals surface area contributed by atoms with Crippen LogP contribution in [-0.2, 0) is 24.3 Å². The lowest BCUT2D eigenvalue weighted by Gasteiger charge is -2.17. The number of nitrogens with one attached hydrogen (secondary N) is 1. The maximum Gasteiger partial charge on any atom is 0.305 e. The molecule has 37 heavy (non-hydrogen) atoms. The smallest absolute Gasteiger partial charge is 0.305 e. The van der Waals surface area contributed by atoms with Gasteiger partial charge in [-0.15, -0.1) is 0 Å². The Morgan fingerprint density at radius 3 is 2.32 bits per heavy atom. The number of hydrogen-bond acceptors (Lipinski definition) is 5. The molecule has 0 saturated carbocycles. The number of halogens is 1. The summed E-state index contributed by atoms with van der Waals surface area (Å²) < 4.78 is 15.5. The van der Waals surface area contributed by atoms with Crippen molar-refractivity contribution < 1.29 is 29.3 Å². The van der Waals surface area contributed by atoms with Crippen LogP contribution >= 0.6 is 0 Å². The standard InChI is InChI=1S/C28H34FN3O5/c1-18(2)17-32-24(13-12-22(33)14-23(34)15-25(35)36)26(20-8-10-21(29)11-9-20)31-27(32)28(37)30-16-19-6-4-3-5-7-19/h3-11,18,22-23,33-34H,12-17H2,1-2H3,(H,30,37)(H,35,36)/t22-,23-/m1/s1. The van der Waals surface area contributed by atoms with Gasteiger partial charge >= 0.3 is 5.97 Å². The molecule has 2 aromatic carbocycles.